The second-order valence-corrected chi connectivity index (χ2v) is 4.68. The lowest BCUT2D eigenvalue weighted by molar-refractivity contribution is -0.138. The van der Waals surface area contributed by atoms with Crippen molar-refractivity contribution in [1.82, 2.24) is 4.90 Å². The van der Waals surface area contributed by atoms with Crippen LogP contribution in [-0.4, -0.2) is 42.2 Å². The van der Waals surface area contributed by atoms with Gasteiger partial charge < -0.3 is 15.7 Å². The molecule has 0 aliphatic carbocycles. The third-order valence-corrected chi connectivity index (χ3v) is 3.19. The van der Waals surface area contributed by atoms with E-state index >= 15 is 0 Å². The highest BCUT2D eigenvalue weighted by Crippen LogP contribution is 2.10. The predicted octanol–water partition coefficient (Wildman–Crippen LogP) is 0.624. The van der Waals surface area contributed by atoms with Crippen molar-refractivity contribution in [3.63, 3.8) is 0 Å². The average molecular weight is 250 g/mol. The maximum Gasteiger partial charge on any atom is 0.252 e. The summed E-state index contributed by atoms with van der Waals surface area (Å²) in [5, 5.41) is 9.36. The van der Waals surface area contributed by atoms with Crippen molar-refractivity contribution in [1.29, 1.82) is 0 Å². The Labute approximate surface area is 108 Å². The second-order valence-electron chi connectivity index (χ2n) is 4.68. The van der Waals surface area contributed by atoms with Gasteiger partial charge in [0.05, 0.1) is 0 Å². The molecule has 100 valence electrons. The van der Waals surface area contributed by atoms with Crippen LogP contribution in [0.5, 0.6) is 0 Å². The van der Waals surface area contributed by atoms with Crippen molar-refractivity contribution >= 4 is 5.91 Å². The molecule has 4 nitrogen and oxygen atoms in total. The minimum absolute atomic E-state index is 0.0349. The van der Waals surface area contributed by atoms with E-state index in [1.165, 1.54) is 21.6 Å². The molecule has 0 saturated carbocycles. The molecule has 0 aliphatic rings. The molecule has 4 heteroatoms. The van der Waals surface area contributed by atoms with Crippen LogP contribution in [0.2, 0.25) is 0 Å². The molecule has 1 atom stereocenters. The zero-order chi connectivity index (χ0) is 13.7. The predicted molar refractivity (Wildman–Crippen MR) is 72.3 cm³/mol. The lowest BCUT2D eigenvalue weighted by atomic mass is 10.0. The van der Waals surface area contributed by atoms with E-state index in [9.17, 15) is 9.90 Å². The number of aryl methyl sites for hydroxylation is 2. The first-order valence-corrected chi connectivity index (χ1v) is 6.15. The van der Waals surface area contributed by atoms with E-state index in [4.69, 9.17) is 5.73 Å². The number of rotatable bonds is 5. The highest BCUT2D eigenvalue weighted by molar-refractivity contribution is 5.80. The van der Waals surface area contributed by atoms with E-state index in [1.54, 1.807) is 7.05 Å². The fraction of sp³-hybridized carbons (Fsp3) is 0.500. The summed E-state index contributed by atoms with van der Waals surface area (Å²) in [4.78, 5) is 13.1. The number of hydrogen-bond donors (Lipinski definition) is 2. The average Bonchev–Trinajstić information content (AvgIpc) is 2.37. The number of aliphatic hydroxyl groups excluding tert-OH is 1. The number of amides is 1. The standard InChI is InChI=1S/C14H22N2O2/c1-10-4-5-12(8-11(10)2)6-7-16(3)14(18)13(17)9-15/h4-5,8,13,17H,6-7,9,15H2,1-3H3. The van der Waals surface area contributed by atoms with Crippen molar-refractivity contribution in [3.05, 3.63) is 34.9 Å². The maximum absolute atomic E-state index is 11.6. The third kappa shape index (κ3) is 3.82. The summed E-state index contributed by atoms with van der Waals surface area (Å²) < 4.78 is 0. The first-order valence-electron chi connectivity index (χ1n) is 6.15. The lowest BCUT2D eigenvalue weighted by Gasteiger charge is -2.20. The van der Waals surface area contributed by atoms with Crippen molar-refractivity contribution in [2.75, 3.05) is 20.1 Å². The molecule has 0 saturated heterocycles. The Kier molecular flexibility index (Phi) is 5.31. The molecule has 1 amide bonds. The van der Waals surface area contributed by atoms with E-state index in [2.05, 4.69) is 32.0 Å². The molecule has 1 unspecified atom stereocenters. The van der Waals surface area contributed by atoms with Crippen LogP contribution < -0.4 is 5.73 Å². The molecule has 1 aromatic rings. The highest BCUT2D eigenvalue weighted by atomic mass is 16.3. The summed E-state index contributed by atoms with van der Waals surface area (Å²) >= 11 is 0. The van der Waals surface area contributed by atoms with Crippen LogP contribution >= 0.6 is 0 Å². The van der Waals surface area contributed by atoms with Gasteiger partial charge in [0.2, 0.25) is 0 Å². The van der Waals surface area contributed by atoms with Crippen LogP contribution in [0.25, 0.3) is 0 Å². The lowest BCUT2D eigenvalue weighted by Crippen LogP contribution is -2.41. The van der Waals surface area contributed by atoms with Gasteiger partial charge in [-0.05, 0) is 37.0 Å². The van der Waals surface area contributed by atoms with E-state index < -0.39 is 6.10 Å². The summed E-state index contributed by atoms with van der Waals surface area (Å²) in [7, 11) is 1.68. The smallest absolute Gasteiger partial charge is 0.252 e. The third-order valence-electron chi connectivity index (χ3n) is 3.19. The van der Waals surface area contributed by atoms with Crippen LogP contribution in [0.1, 0.15) is 16.7 Å². The topological polar surface area (TPSA) is 66.6 Å². The normalized spacial score (nSPS) is 12.3. The van der Waals surface area contributed by atoms with E-state index in [0.29, 0.717) is 6.54 Å². The number of aliphatic hydroxyl groups is 1. The zero-order valence-corrected chi connectivity index (χ0v) is 11.3. The Morgan fingerprint density at radius 3 is 2.61 bits per heavy atom. The SMILES string of the molecule is Cc1ccc(CCN(C)C(=O)C(O)CN)cc1C. The number of hydrogen-bond acceptors (Lipinski definition) is 3. The largest absolute Gasteiger partial charge is 0.382 e. The number of nitrogens with two attached hydrogens (primary N) is 1. The minimum Gasteiger partial charge on any atom is -0.382 e. The highest BCUT2D eigenvalue weighted by Gasteiger charge is 2.17. The van der Waals surface area contributed by atoms with Gasteiger partial charge in [-0.1, -0.05) is 18.2 Å². The Bertz CT molecular complexity index is 418. The van der Waals surface area contributed by atoms with Gasteiger partial charge in [0.15, 0.2) is 0 Å². The van der Waals surface area contributed by atoms with Crippen molar-refractivity contribution in [2.45, 2.75) is 26.4 Å². The Hall–Kier alpha value is -1.39. The van der Waals surface area contributed by atoms with Crippen molar-refractivity contribution < 1.29 is 9.90 Å². The van der Waals surface area contributed by atoms with Gasteiger partial charge in [-0.15, -0.1) is 0 Å². The molecule has 3 N–H and O–H groups in total. The molecule has 1 aromatic carbocycles. The Morgan fingerprint density at radius 2 is 2.06 bits per heavy atom. The molecular formula is C14H22N2O2. The second kappa shape index (κ2) is 6.52. The molecule has 0 bridgehead atoms. The van der Waals surface area contributed by atoms with E-state index in [0.717, 1.165) is 6.42 Å². The van der Waals surface area contributed by atoms with E-state index in [1.807, 2.05) is 0 Å². The minimum atomic E-state index is -1.09. The quantitative estimate of drug-likeness (QED) is 0.805. The fourth-order valence-electron chi connectivity index (χ4n) is 1.72. The molecule has 1 rings (SSSR count). The van der Waals surface area contributed by atoms with Crippen LogP contribution in [0, 0.1) is 13.8 Å². The summed E-state index contributed by atoms with van der Waals surface area (Å²) in [6.07, 6.45) is -0.310. The molecule has 18 heavy (non-hydrogen) atoms. The van der Waals surface area contributed by atoms with Crippen molar-refractivity contribution in [2.24, 2.45) is 5.73 Å². The molecule has 0 radical (unpaired) electrons. The number of carbonyl (C=O) groups is 1. The first kappa shape index (κ1) is 14.7. The van der Waals surface area contributed by atoms with Gasteiger partial charge in [-0.25, -0.2) is 0 Å². The van der Waals surface area contributed by atoms with Crippen LogP contribution in [0.3, 0.4) is 0 Å². The van der Waals surface area contributed by atoms with Crippen molar-refractivity contribution in [3.8, 4) is 0 Å². The van der Waals surface area contributed by atoms with Crippen LogP contribution in [0.4, 0.5) is 0 Å². The molecule has 0 heterocycles. The Morgan fingerprint density at radius 1 is 1.39 bits per heavy atom. The summed E-state index contributed by atoms with van der Waals surface area (Å²) in [5.41, 5.74) is 8.97. The van der Waals surface area contributed by atoms with Gasteiger partial charge in [0, 0.05) is 20.1 Å². The first-order chi connectivity index (χ1) is 8.45. The summed E-state index contributed by atoms with van der Waals surface area (Å²) in [6, 6.07) is 6.29. The van der Waals surface area contributed by atoms with Gasteiger partial charge in [0.25, 0.3) is 5.91 Å². The van der Waals surface area contributed by atoms with Gasteiger partial charge in [0.1, 0.15) is 6.10 Å². The van der Waals surface area contributed by atoms with E-state index in [-0.39, 0.29) is 12.5 Å². The fourth-order valence-corrected chi connectivity index (χ4v) is 1.72. The molecule has 0 spiro atoms. The van der Waals surface area contributed by atoms with Crippen LogP contribution in [0.15, 0.2) is 18.2 Å². The molecule has 0 aliphatic heterocycles. The summed E-state index contributed by atoms with van der Waals surface area (Å²) in [6.45, 7) is 4.70. The number of likely N-dealkylation sites (N-methyl/N-ethyl adjacent to an activating group) is 1. The monoisotopic (exact) mass is 250 g/mol. The molecular weight excluding hydrogens is 228 g/mol. The van der Waals surface area contributed by atoms with Crippen LogP contribution in [-0.2, 0) is 11.2 Å². The molecule has 0 aromatic heterocycles. The zero-order valence-electron chi connectivity index (χ0n) is 11.3. The number of carbonyl (C=O) groups excluding carboxylic acids is 1. The Balaban J connectivity index is 2.54. The summed E-state index contributed by atoms with van der Waals surface area (Å²) in [5.74, 6) is -0.318. The van der Waals surface area contributed by atoms with Gasteiger partial charge in [-0.3, -0.25) is 4.79 Å². The van der Waals surface area contributed by atoms with Gasteiger partial charge in [-0.2, -0.15) is 0 Å². The van der Waals surface area contributed by atoms with Gasteiger partial charge >= 0.3 is 0 Å². The maximum atomic E-state index is 11.6. The number of benzene rings is 1. The number of nitrogens with zero attached hydrogens (tertiary/aromatic N) is 1. The molecule has 0 fully saturated rings.